The number of para-hydroxylation sites is 1. The maximum absolute atomic E-state index is 11.2. The van der Waals surface area contributed by atoms with Crippen molar-refractivity contribution in [3.63, 3.8) is 0 Å². The van der Waals surface area contributed by atoms with E-state index in [9.17, 15) is 9.90 Å². The van der Waals surface area contributed by atoms with E-state index in [1.54, 1.807) is 32.3 Å². The first-order valence-corrected chi connectivity index (χ1v) is 4.36. The molecule has 0 fully saturated rings. The standard InChI is InChI=1S/C9H11ClN2O2/c1-12(2)9(14)11-7-5-3-4-6(10)8(7)13/h3-5,13H,1-2H3,(H,11,14). The third-order valence-electron chi connectivity index (χ3n) is 1.63. The van der Waals surface area contributed by atoms with Crippen LogP contribution >= 0.6 is 11.6 Å². The quantitative estimate of drug-likeness (QED) is 0.704. The number of phenols is 1. The number of phenolic OH excluding ortho intramolecular Hbond substituents is 1. The molecule has 0 aliphatic heterocycles. The number of nitrogens with zero attached hydrogens (tertiary/aromatic N) is 1. The van der Waals surface area contributed by atoms with Gasteiger partial charge in [0.2, 0.25) is 0 Å². The molecule has 0 bridgehead atoms. The van der Waals surface area contributed by atoms with Crippen molar-refractivity contribution < 1.29 is 9.90 Å². The minimum absolute atomic E-state index is 0.121. The molecular weight excluding hydrogens is 204 g/mol. The Bertz CT molecular complexity index is 353. The molecule has 0 aromatic heterocycles. The molecule has 0 radical (unpaired) electrons. The lowest BCUT2D eigenvalue weighted by atomic mass is 10.3. The van der Waals surface area contributed by atoms with E-state index in [4.69, 9.17) is 11.6 Å². The van der Waals surface area contributed by atoms with E-state index in [2.05, 4.69) is 5.32 Å². The van der Waals surface area contributed by atoms with Gasteiger partial charge in [-0.05, 0) is 12.1 Å². The number of aromatic hydroxyl groups is 1. The van der Waals surface area contributed by atoms with Gasteiger partial charge in [-0.3, -0.25) is 0 Å². The van der Waals surface area contributed by atoms with Crippen LogP contribution in [0.25, 0.3) is 0 Å². The van der Waals surface area contributed by atoms with Crippen molar-refractivity contribution >= 4 is 23.3 Å². The molecule has 0 aliphatic rings. The number of nitrogens with one attached hydrogen (secondary N) is 1. The first-order valence-electron chi connectivity index (χ1n) is 3.98. The zero-order valence-corrected chi connectivity index (χ0v) is 8.67. The number of benzene rings is 1. The zero-order valence-electron chi connectivity index (χ0n) is 7.91. The number of hydrogen-bond donors (Lipinski definition) is 2. The Labute approximate surface area is 87.1 Å². The number of urea groups is 1. The molecule has 0 unspecified atom stereocenters. The van der Waals surface area contributed by atoms with E-state index in [0.29, 0.717) is 5.69 Å². The van der Waals surface area contributed by atoms with Crippen LogP contribution in [-0.4, -0.2) is 30.1 Å². The van der Waals surface area contributed by atoms with Crippen molar-refractivity contribution in [2.24, 2.45) is 0 Å². The summed E-state index contributed by atoms with van der Waals surface area (Å²) in [5, 5.41) is 12.2. The van der Waals surface area contributed by atoms with Gasteiger partial charge in [-0.1, -0.05) is 17.7 Å². The molecule has 2 N–H and O–H groups in total. The number of rotatable bonds is 1. The van der Waals surface area contributed by atoms with Gasteiger partial charge in [-0.2, -0.15) is 0 Å². The third-order valence-corrected chi connectivity index (χ3v) is 1.94. The van der Waals surface area contributed by atoms with Crippen molar-refractivity contribution in [3.8, 4) is 5.75 Å². The second kappa shape index (κ2) is 4.19. The zero-order chi connectivity index (χ0) is 10.7. The Morgan fingerprint density at radius 1 is 1.50 bits per heavy atom. The van der Waals surface area contributed by atoms with Crippen LogP contribution in [0.4, 0.5) is 10.5 Å². The van der Waals surface area contributed by atoms with Gasteiger partial charge in [-0.25, -0.2) is 4.79 Å². The molecule has 0 saturated carbocycles. The number of anilines is 1. The minimum Gasteiger partial charge on any atom is -0.504 e. The monoisotopic (exact) mass is 214 g/mol. The van der Waals surface area contributed by atoms with E-state index in [1.807, 2.05) is 0 Å². The predicted molar refractivity (Wildman–Crippen MR) is 55.8 cm³/mol. The number of hydrogen-bond acceptors (Lipinski definition) is 2. The molecule has 5 heteroatoms. The Morgan fingerprint density at radius 3 is 2.71 bits per heavy atom. The van der Waals surface area contributed by atoms with E-state index in [-0.39, 0.29) is 16.8 Å². The molecule has 4 nitrogen and oxygen atoms in total. The summed E-state index contributed by atoms with van der Waals surface area (Å²) in [5.74, 6) is -0.121. The van der Waals surface area contributed by atoms with Crippen molar-refractivity contribution in [2.75, 3.05) is 19.4 Å². The normalized spacial score (nSPS) is 9.64. The van der Waals surface area contributed by atoms with Crippen molar-refractivity contribution in [3.05, 3.63) is 23.2 Å². The topological polar surface area (TPSA) is 52.6 Å². The second-order valence-electron chi connectivity index (χ2n) is 2.96. The number of halogens is 1. The molecular formula is C9H11ClN2O2. The van der Waals surface area contributed by atoms with Crippen LogP contribution in [-0.2, 0) is 0 Å². The summed E-state index contributed by atoms with van der Waals surface area (Å²) in [6, 6.07) is 4.44. The summed E-state index contributed by atoms with van der Waals surface area (Å²) in [7, 11) is 3.22. The van der Waals surface area contributed by atoms with Crippen LogP contribution in [0.3, 0.4) is 0 Å². The highest BCUT2D eigenvalue weighted by molar-refractivity contribution is 6.32. The maximum atomic E-state index is 11.2. The van der Waals surface area contributed by atoms with Crippen LogP contribution in [0.1, 0.15) is 0 Å². The van der Waals surface area contributed by atoms with Crippen molar-refractivity contribution in [1.82, 2.24) is 4.90 Å². The highest BCUT2D eigenvalue weighted by Crippen LogP contribution is 2.31. The summed E-state index contributed by atoms with van der Waals surface area (Å²) in [6.45, 7) is 0. The Kier molecular flexibility index (Phi) is 3.19. The molecule has 0 atom stereocenters. The summed E-state index contributed by atoms with van der Waals surface area (Å²) >= 11 is 5.66. The maximum Gasteiger partial charge on any atom is 0.321 e. The fourth-order valence-corrected chi connectivity index (χ4v) is 1.02. The van der Waals surface area contributed by atoms with Crippen LogP contribution < -0.4 is 5.32 Å². The molecule has 14 heavy (non-hydrogen) atoms. The first kappa shape index (κ1) is 10.7. The second-order valence-corrected chi connectivity index (χ2v) is 3.37. The molecule has 1 rings (SSSR count). The SMILES string of the molecule is CN(C)C(=O)Nc1cccc(Cl)c1O. The lowest BCUT2D eigenvalue weighted by molar-refractivity contribution is 0.230. The first-order chi connectivity index (χ1) is 6.52. The number of carbonyl (C=O) groups is 1. The molecule has 0 aliphatic carbocycles. The molecule has 2 amide bonds. The van der Waals surface area contributed by atoms with E-state index in [1.165, 1.54) is 4.90 Å². The Balaban J connectivity index is 2.87. The van der Waals surface area contributed by atoms with Gasteiger partial charge in [0.1, 0.15) is 0 Å². The van der Waals surface area contributed by atoms with Gasteiger partial charge in [0.25, 0.3) is 0 Å². The van der Waals surface area contributed by atoms with Crippen LogP contribution in [0.2, 0.25) is 5.02 Å². The van der Waals surface area contributed by atoms with Gasteiger partial charge in [0.05, 0.1) is 10.7 Å². The molecule has 76 valence electrons. The van der Waals surface area contributed by atoms with E-state index >= 15 is 0 Å². The summed E-state index contributed by atoms with van der Waals surface area (Å²) in [5.41, 5.74) is 0.302. The van der Waals surface area contributed by atoms with Gasteiger partial charge in [0.15, 0.2) is 5.75 Å². The fourth-order valence-electron chi connectivity index (χ4n) is 0.843. The van der Waals surface area contributed by atoms with Gasteiger partial charge < -0.3 is 15.3 Å². The van der Waals surface area contributed by atoms with Crippen LogP contribution in [0.5, 0.6) is 5.75 Å². The molecule has 0 saturated heterocycles. The van der Waals surface area contributed by atoms with Crippen molar-refractivity contribution in [2.45, 2.75) is 0 Å². The van der Waals surface area contributed by atoms with Crippen molar-refractivity contribution in [1.29, 1.82) is 0 Å². The molecule has 1 aromatic rings. The lowest BCUT2D eigenvalue weighted by Gasteiger charge is -2.13. The Hall–Kier alpha value is -1.42. The van der Waals surface area contributed by atoms with Gasteiger partial charge in [-0.15, -0.1) is 0 Å². The lowest BCUT2D eigenvalue weighted by Crippen LogP contribution is -2.27. The summed E-state index contributed by atoms with van der Waals surface area (Å²) < 4.78 is 0. The molecule has 0 spiro atoms. The highest BCUT2D eigenvalue weighted by atomic mass is 35.5. The fraction of sp³-hybridized carbons (Fsp3) is 0.222. The number of carbonyl (C=O) groups excluding carboxylic acids is 1. The highest BCUT2D eigenvalue weighted by Gasteiger charge is 2.09. The largest absolute Gasteiger partial charge is 0.504 e. The van der Waals surface area contributed by atoms with Gasteiger partial charge in [0, 0.05) is 14.1 Å². The summed E-state index contributed by atoms with van der Waals surface area (Å²) in [6.07, 6.45) is 0. The number of amides is 2. The van der Waals surface area contributed by atoms with Gasteiger partial charge >= 0.3 is 6.03 Å². The Morgan fingerprint density at radius 2 is 2.14 bits per heavy atom. The average Bonchev–Trinajstić information content (AvgIpc) is 2.12. The minimum atomic E-state index is -0.317. The molecule has 1 aromatic carbocycles. The average molecular weight is 215 g/mol. The third kappa shape index (κ3) is 2.29. The van der Waals surface area contributed by atoms with Crippen LogP contribution in [0.15, 0.2) is 18.2 Å². The molecule has 0 heterocycles. The van der Waals surface area contributed by atoms with E-state index in [0.717, 1.165) is 0 Å². The van der Waals surface area contributed by atoms with E-state index < -0.39 is 0 Å². The van der Waals surface area contributed by atoms with Crippen LogP contribution in [0, 0.1) is 0 Å². The summed E-state index contributed by atoms with van der Waals surface area (Å²) in [4.78, 5) is 12.6. The predicted octanol–water partition coefficient (Wildman–Crippen LogP) is 2.14. The smallest absolute Gasteiger partial charge is 0.321 e.